The van der Waals surface area contributed by atoms with Gasteiger partial charge in [-0.3, -0.25) is 9.59 Å². The zero-order valence-electron chi connectivity index (χ0n) is 14.3. The fourth-order valence-electron chi connectivity index (χ4n) is 2.78. The van der Waals surface area contributed by atoms with Gasteiger partial charge >= 0.3 is 0 Å². The third-order valence-electron chi connectivity index (χ3n) is 4.19. The first-order valence-corrected chi connectivity index (χ1v) is 9.13. The van der Waals surface area contributed by atoms with Gasteiger partial charge in [0.2, 0.25) is 0 Å². The van der Waals surface area contributed by atoms with Gasteiger partial charge in [-0.15, -0.1) is 0 Å². The molecule has 0 spiro atoms. The van der Waals surface area contributed by atoms with Crippen LogP contribution in [0.25, 0.3) is 0 Å². The van der Waals surface area contributed by atoms with Crippen molar-refractivity contribution in [3.05, 3.63) is 58.1 Å². The van der Waals surface area contributed by atoms with Crippen molar-refractivity contribution >= 4 is 33.3 Å². The predicted octanol–water partition coefficient (Wildman–Crippen LogP) is 4.60. The number of anilines is 1. The minimum Gasteiger partial charge on any atom is -0.493 e. The van der Waals surface area contributed by atoms with Crippen molar-refractivity contribution in [3.63, 3.8) is 0 Å². The van der Waals surface area contributed by atoms with E-state index in [1.807, 2.05) is 30.3 Å². The number of amides is 1. The summed E-state index contributed by atoms with van der Waals surface area (Å²) in [5, 5.41) is 0. The number of ether oxygens (including phenoxy) is 1. The molecule has 4 nitrogen and oxygen atoms in total. The number of hydrogen-bond acceptors (Lipinski definition) is 3. The van der Waals surface area contributed by atoms with Crippen LogP contribution in [0.4, 0.5) is 5.69 Å². The van der Waals surface area contributed by atoms with Gasteiger partial charge in [0.15, 0.2) is 0 Å². The second-order valence-corrected chi connectivity index (χ2v) is 7.44. The van der Waals surface area contributed by atoms with E-state index in [0.717, 1.165) is 22.2 Å². The Morgan fingerprint density at radius 3 is 2.64 bits per heavy atom. The molecule has 0 saturated heterocycles. The SMILES string of the molecule is CC(C)CCOc1ccccc1CN1C(=O)C(=O)c2cc(Br)ccc21. The number of Topliss-reactive ketones (excluding diaryl/α,β-unsaturated/α-hetero) is 1. The molecule has 0 aromatic heterocycles. The molecule has 1 heterocycles. The van der Waals surface area contributed by atoms with E-state index in [1.165, 1.54) is 4.90 Å². The summed E-state index contributed by atoms with van der Waals surface area (Å²) in [6.07, 6.45) is 0.965. The van der Waals surface area contributed by atoms with Crippen molar-refractivity contribution in [2.75, 3.05) is 11.5 Å². The minimum absolute atomic E-state index is 0.317. The van der Waals surface area contributed by atoms with Gasteiger partial charge in [-0.1, -0.05) is 48.0 Å². The van der Waals surface area contributed by atoms with Gasteiger partial charge in [0.25, 0.3) is 11.7 Å². The Hall–Kier alpha value is -2.14. The highest BCUT2D eigenvalue weighted by molar-refractivity contribution is 9.10. The Kier molecular flexibility index (Phi) is 5.23. The Balaban J connectivity index is 1.84. The lowest BCUT2D eigenvalue weighted by Gasteiger charge is -2.19. The highest BCUT2D eigenvalue weighted by Crippen LogP contribution is 2.33. The fourth-order valence-corrected chi connectivity index (χ4v) is 3.14. The fraction of sp³-hybridized carbons (Fsp3) is 0.300. The molecule has 0 unspecified atom stereocenters. The number of benzene rings is 2. The van der Waals surface area contributed by atoms with Gasteiger partial charge < -0.3 is 9.64 Å². The summed E-state index contributed by atoms with van der Waals surface area (Å²) in [5.74, 6) is 0.365. The van der Waals surface area contributed by atoms with E-state index in [-0.39, 0.29) is 0 Å². The van der Waals surface area contributed by atoms with Gasteiger partial charge in [0, 0.05) is 10.0 Å². The number of hydrogen-bond donors (Lipinski definition) is 0. The lowest BCUT2D eigenvalue weighted by atomic mass is 10.1. The van der Waals surface area contributed by atoms with Crippen molar-refractivity contribution in [1.29, 1.82) is 0 Å². The van der Waals surface area contributed by atoms with Gasteiger partial charge in [0.1, 0.15) is 5.75 Å². The molecule has 0 radical (unpaired) electrons. The number of rotatable bonds is 6. The first-order valence-electron chi connectivity index (χ1n) is 8.34. The van der Waals surface area contributed by atoms with Crippen LogP contribution in [0.5, 0.6) is 5.75 Å². The van der Waals surface area contributed by atoms with Gasteiger partial charge in [-0.25, -0.2) is 0 Å². The number of para-hydroxylation sites is 1. The Bertz CT molecular complexity index is 816. The zero-order valence-corrected chi connectivity index (χ0v) is 15.9. The summed E-state index contributed by atoms with van der Waals surface area (Å²) in [5.41, 5.74) is 1.98. The molecule has 0 saturated carbocycles. The highest BCUT2D eigenvalue weighted by atomic mass is 79.9. The highest BCUT2D eigenvalue weighted by Gasteiger charge is 2.36. The minimum atomic E-state index is -0.495. The molecule has 2 aromatic rings. The number of ketones is 1. The summed E-state index contributed by atoms with van der Waals surface area (Å²) in [6.45, 7) is 5.25. The molecule has 3 rings (SSSR count). The van der Waals surface area contributed by atoms with Crippen molar-refractivity contribution in [1.82, 2.24) is 0 Å². The second-order valence-electron chi connectivity index (χ2n) is 6.52. The molecule has 0 atom stereocenters. The van der Waals surface area contributed by atoms with Crippen molar-refractivity contribution in [2.45, 2.75) is 26.8 Å². The summed E-state index contributed by atoms with van der Waals surface area (Å²) in [7, 11) is 0. The van der Waals surface area contributed by atoms with Gasteiger partial charge in [-0.05, 0) is 36.6 Å². The van der Waals surface area contributed by atoms with E-state index in [9.17, 15) is 9.59 Å². The molecular weight excluding hydrogens is 382 g/mol. The predicted molar refractivity (Wildman–Crippen MR) is 101 cm³/mol. The lowest BCUT2D eigenvalue weighted by Crippen LogP contribution is -2.29. The Labute approximate surface area is 155 Å². The normalized spacial score (nSPS) is 13.5. The monoisotopic (exact) mass is 401 g/mol. The Morgan fingerprint density at radius 1 is 1.12 bits per heavy atom. The van der Waals surface area contributed by atoms with Crippen LogP contribution < -0.4 is 9.64 Å². The molecule has 130 valence electrons. The second kappa shape index (κ2) is 7.40. The van der Waals surface area contributed by atoms with Gasteiger partial charge in [0.05, 0.1) is 24.4 Å². The third-order valence-corrected chi connectivity index (χ3v) is 4.68. The van der Waals surface area contributed by atoms with Crippen LogP contribution >= 0.6 is 15.9 Å². The maximum absolute atomic E-state index is 12.4. The van der Waals surface area contributed by atoms with Crippen LogP contribution in [-0.2, 0) is 11.3 Å². The van der Waals surface area contributed by atoms with Crippen LogP contribution in [-0.4, -0.2) is 18.3 Å². The van der Waals surface area contributed by atoms with Crippen LogP contribution in [0, 0.1) is 5.92 Å². The largest absolute Gasteiger partial charge is 0.493 e. The molecular formula is C20H20BrNO3. The first-order chi connectivity index (χ1) is 12.0. The standard InChI is InChI=1S/C20H20BrNO3/c1-13(2)9-10-25-18-6-4-3-5-14(18)12-22-17-8-7-15(21)11-16(17)19(23)20(22)24/h3-8,11,13H,9-10,12H2,1-2H3. The van der Waals surface area contributed by atoms with Crippen LogP contribution in [0.3, 0.4) is 0 Å². The molecule has 5 heteroatoms. The van der Waals surface area contributed by atoms with E-state index >= 15 is 0 Å². The van der Waals surface area contributed by atoms with Crippen molar-refractivity contribution in [2.24, 2.45) is 5.92 Å². The van der Waals surface area contributed by atoms with Crippen LogP contribution in [0.1, 0.15) is 36.2 Å². The van der Waals surface area contributed by atoms with E-state index in [0.29, 0.717) is 30.3 Å². The zero-order chi connectivity index (χ0) is 18.0. The summed E-state index contributed by atoms with van der Waals surface area (Å²) in [6, 6.07) is 13.0. The number of halogens is 1. The average molecular weight is 402 g/mol. The molecule has 2 aromatic carbocycles. The van der Waals surface area contributed by atoms with Crippen LogP contribution in [0.15, 0.2) is 46.9 Å². The summed E-state index contributed by atoms with van der Waals surface area (Å²) < 4.78 is 6.68. The molecule has 0 fully saturated rings. The molecule has 1 amide bonds. The maximum Gasteiger partial charge on any atom is 0.299 e. The Morgan fingerprint density at radius 2 is 1.88 bits per heavy atom. The third kappa shape index (κ3) is 3.76. The quantitative estimate of drug-likeness (QED) is 0.664. The smallest absolute Gasteiger partial charge is 0.299 e. The van der Waals surface area contributed by atoms with E-state index in [1.54, 1.807) is 12.1 Å². The van der Waals surface area contributed by atoms with E-state index < -0.39 is 11.7 Å². The van der Waals surface area contributed by atoms with E-state index in [4.69, 9.17) is 4.74 Å². The number of fused-ring (bicyclic) bond motifs is 1. The van der Waals surface area contributed by atoms with Gasteiger partial charge in [-0.2, -0.15) is 0 Å². The van der Waals surface area contributed by atoms with Crippen molar-refractivity contribution < 1.29 is 14.3 Å². The first kappa shape index (κ1) is 17.7. The molecule has 25 heavy (non-hydrogen) atoms. The average Bonchev–Trinajstić information content (AvgIpc) is 2.81. The lowest BCUT2D eigenvalue weighted by molar-refractivity contribution is -0.114. The maximum atomic E-state index is 12.4. The van der Waals surface area contributed by atoms with Crippen LogP contribution in [0.2, 0.25) is 0 Å². The van der Waals surface area contributed by atoms with E-state index in [2.05, 4.69) is 29.8 Å². The summed E-state index contributed by atoms with van der Waals surface area (Å²) in [4.78, 5) is 26.2. The molecule has 0 aliphatic carbocycles. The number of nitrogens with zero attached hydrogens (tertiary/aromatic N) is 1. The van der Waals surface area contributed by atoms with Crippen molar-refractivity contribution in [3.8, 4) is 5.75 Å². The molecule has 0 N–H and O–H groups in total. The topological polar surface area (TPSA) is 46.6 Å². The number of carbonyl (C=O) groups excluding carboxylic acids is 2. The molecule has 1 aliphatic rings. The summed E-state index contributed by atoms with van der Waals surface area (Å²) >= 11 is 3.35. The number of carbonyl (C=O) groups is 2. The molecule has 0 bridgehead atoms. The molecule has 1 aliphatic heterocycles.